The number of halogens is 1. The van der Waals surface area contributed by atoms with Crippen molar-refractivity contribution in [1.29, 1.82) is 0 Å². The molecule has 0 radical (unpaired) electrons. The summed E-state index contributed by atoms with van der Waals surface area (Å²) in [6.07, 6.45) is 4.22. The molecular weight excluding hydrogens is 405 g/mol. The fourth-order valence-corrected chi connectivity index (χ4v) is 4.03. The van der Waals surface area contributed by atoms with Gasteiger partial charge in [-0.2, -0.15) is 0 Å². The van der Waals surface area contributed by atoms with E-state index in [0.29, 0.717) is 5.56 Å². The Morgan fingerprint density at radius 1 is 0.906 bits per heavy atom. The van der Waals surface area contributed by atoms with Crippen molar-refractivity contribution < 1.29 is 18.9 Å². The maximum absolute atomic E-state index is 14.6. The van der Waals surface area contributed by atoms with Crippen LogP contribution in [0.25, 0.3) is 28.1 Å². The Morgan fingerprint density at radius 3 is 2.28 bits per heavy atom. The van der Waals surface area contributed by atoms with E-state index < -0.39 is 6.47 Å². The van der Waals surface area contributed by atoms with Gasteiger partial charge in [-0.15, -0.1) is 0 Å². The smallest absolute Gasteiger partial charge is 0.362 e. The standard InChI is InChI=1S/C25H22FN3.CH2O2/c26-23-11-5-4-10-22(23)24-18-29(25-27-16-6-7-17-28(24)25)21-14-12-20(13-15-21)19-8-2-1-3-9-19;2-1-3/h1-5,8-15,18H,6-7,16-17H2;1H,(H,2,3). The summed E-state index contributed by atoms with van der Waals surface area (Å²) >= 11 is 0. The summed E-state index contributed by atoms with van der Waals surface area (Å²) in [5, 5.41) is 11.8. The number of carboxylic acid groups (broad SMARTS) is 1. The van der Waals surface area contributed by atoms with Crippen LogP contribution >= 0.6 is 0 Å². The second-order valence-electron chi connectivity index (χ2n) is 7.48. The molecule has 4 aromatic rings. The van der Waals surface area contributed by atoms with Gasteiger partial charge in [0.25, 0.3) is 0 Å². The highest BCUT2D eigenvalue weighted by Gasteiger charge is 2.27. The van der Waals surface area contributed by atoms with E-state index in [9.17, 15) is 4.39 Å². The molecule has 0 atom stereocenters. The molecule has 0 aliphatic carbocycles. The molecule has 6 heteroatoms. The molecule has 1 aromatic heterocycles. The molecule has 0 unspecified atom stereocenters. The predicted molar refractivity (Wildman–Crippen MR) is 121 cm³/mol. The molecule has 3 aromatic carbocycles. The summed E-state index contributed by atoms with van der Waals surface area (Å²) in [4.78, 5) is 8.25. The van der Waals surface area contributed by atoms with Gasteiger partial charge in [0.05, 0.1) is 18.7 Å². The van der Waals surface area contributed by atoms with Gasteiger partial charge < -0.3 is 9.90 Å². The number of benzene rings is 3. The highest BCUT2D eigenvalue weighted by molar-refractivity contribution is 5.65. The van der Waals surface area contributed by atoms with Crippen LogP contribution < -0.4 is 15.0 Å². The first kappa shape index (κ1) is 21.3. The van der Waals surface area contributed by atoms with Crippen LogP contribution in [0.1, 0.15) is 12.8 Å². The lowest BCUT2D eigenvalue weighted by molar-refractivity contribution is -0.671. The van der Waals surface area contributed by atoms with Gasteiger partial charge in [-0.1, -0.05) is 54.6 Å². The van der Waals surface area contributed by atoms with E-state index >= 15 is 0 Å². The third-order valence-electron chi connectivity index (χ3n) is 5.52. The molecule has 0 amide bonds. The van der Waals surface area contributed by atoms with Gasteiger partial charge >= 0.3 is 5.95 Å². The van der Waals surface area contributed by atoms with Gasteiger partial charge in [0.2, 0.25) is 0 Å². The summed E-state index contributed by atoms with van der Waals surface area (Å²) in [5.41, 5.74) is 4.98. The Labute approximate surface area is 186 Å². The van der Waals surface area contributed by atoms with Crippen LogP contribution in [-0.2, 0) is 11.3 Å². The first-order valence-corrected chi connectivity index (χ1v) is 10.6. The largest absolute Gasteiger partial charge is 0.554 e. The Bertz CT molecular complexity index is 1190. The normalized spacial score (nSPS) is 12.5. The number of rotatable bonds is 3. The van der Waals surface area contributed by atoms with E-state index in [4.69, 9.17) is 9.90 Å². The Hall–Kier alpha value is -3.93. The molecule has 1 aliphatic heterocycles. The van der Waals surface area contributed by atoms with Gasteiger partial charge in [0.1, 0.15) is 23.4 Å². The van der Waals surface area contributed by atoms with Crippen molar-refractivity contribution in [3.8, 4) is 28.1 Å². The summed E-state index contributed by atoms with van der Waals surface area (Å²) in [7, 11) is 0. The lowest BCUT2D eigenvalue weighted by Gasteiger charge is -2.06. The zero-order valence-corrected chi connectivity index (χ0v) is 17.6. The van der Waals surface area contributed by atoms with Crippen LogP contribution in [-0.4, -0.2) is 17.6 Å². The number of hydrogen-bond acceptors (Lipinski definition) is 3. The van der Waals surface area contributed by atoms with Gasteiger partial charge in [0, 0.05) is 6.47 Å². The molecule has 0 fully saturated rings. The summed E-state index contributed by atoms with van der Waals surface area (Å²) in [6.45, 7) is 1.30. The molecule has 5 rings (SSSR count). The minimum Gasteiger partial charge on any atom is -0.554 e. The molecule has 0 spiro atoms. The van der Waals surface area contributed by atoms with Crippen LogP contribution in [0.15, 0.2) is 85.1 Å². The number of carbonyl (C=O) groups is 1. The van der Waals surface area contributed by atoms with Crippen molar-refractivity contribution in [3.05, 3.63) is 90.9 Å². The van der Waals surface area contributed by atoms with Crippen molar-refractivity contribution in [2.45, 2.75) is 19.4 Å². The molecule has 1 aliphatic rings. The summed E-state index contributed by atoms with van der Waals surface area (Å²) in [6, 6.07) is 25.9. The van der Waals surface area contributed by atoms with Crippen LogP contribution in [0, 0.1) is 5.82 Å². The average molecular weight is 429 g/mol. The first-order valence-electron chi connectivity index (χ1n) is 10.6. The lowest BCUT2D eigenvalue weighted by atomic mass is 10.1. The quantitative estimate of drug-likeness (QED) is 0.398. The molecule has 5 nitrogen and oxygen atoms in total. The molecule has 1 N–H and O–H groups in total. The van der Waals surface area contributed by atoms with Gasteiger partial charge in [-0.25, -0.2) is 13.5 Å². The van der Waals surface area contributed by atoms with E-state index in [1.807, 2.05) is 24.4 Å². The van der Waals surface area contributed by atoms with E-state index in [1.165, 1.54) is 17.2 Å². The van der Waals surface area contributed by atoms with Crippen molar-refractivity contribution >= 4 is 12.4 Å². The Morgan fingerprint density at radius 2 is 1.56 bits per heavy atom. The fourth-order valence-electron chi connectivity index (χ4n) is 4.03. The van der Waals surface area contributed by atoms with E-state index in [1.54, 1.807) is 6.07 Å². The van der Waals surface area contributed by atoms with Crippen molar-refractivity contribution in [2.24, 2.45) is 0 Å². The maximum atomic E-state index is 14.6. The number of fused-ring (bicyclic) bond motifs is 1. The zero-order chi connectivity index (χ0) is 22.3. The van der Waals surface area contributed by atoms with Crippen LogP contribution in [0.4, 0.5) is 10.3 Å². The first-order chi connectivity index (χ1) is 15.7. The Kier molecular flexibility index (Phi) is 6.60. The minimum atomic E-state index is -0.500. The van der Waals surface area contributed by atoms with Crippen LogP contribution in [0.2, 0.25) is 0 Å². The monoisotopic (exact) mass is 429 g/mol. The summed E-state index contributed by atoms with van der Waals surface area (Å²) in [5.74, 6) is 0.817. The van der Waals surface area contributed by atoms with Crippen molar-refractivity contribution in [2.75, 3.05) is 11.9 Å². The minimum absolute atomic E-state index is 0.191. The number of aromatic nitrogens is 2. The predicted octanol–water partition coefficient (Wildman–Crippen LogP) is 3.81. The molecule has 0 saturated heterocycles. The zero-order valence-electron chi connectivity index (χ0n) is 17.6. The molecule has 32 heavy (non-hydrogen) atoms. The Balaban J connectivity index is 0.000000775. The molecule has 0 saturated carbocycles. The van der Waals surface area contributed by atoms with E-state index in [0.717, 1.165) is 43.3 Å². The second-order valence-corrected chi connectivity index (χ2v) is 7.48. The maximum Gasteiger partial charge on any atom is 0.362 e. The third-order valence-corrected chi connectivity index (χ3v) is 5.52. The number of anilines is 1. The number of imidazole rings is 1. The van der Waals surface area contributed by atoms with Gasteiger partial charge in [-0.3, -0.25) is 5.32 Å². The number of nitrogens with one attached hydrogen (secondary N) is 1. The molecular formula is C26H24FN3O2. The van der Waals surface area contributed by atoms with E-state index in [-0.39, 0.29) is 5.82 Å². The number of nitrogens with zero attached hydrogens (tertiary/aromatic N) is 2. The average Bonchev–Trinajstić information content (AvgIpc) is 3.01. The number of carbonyl (C=O) groups excluding carboxylic acids is 1. The molecule has 162 valence electrons. The van der Waals surface area contributed by atoms with Crippen LogP contribution in [0.5, 0.6) is 0 Å². The topological polar surface area (TPSA) is 61.0 Å². The van der Waals surface area contributed by atoms with Gasteiger partial charge in [0.15, 0.2) is 0 Å². The lowest BCUT2D eigenvalue weighted by Crippen LogP contribution is -2.36. The summed E-state index contributed by atoms with van der Waals surface area (Å²) < 4.78 is 18.9. The van der Waals surface area contributed by atoms with Crippen molar-refractivity contribution in [3.63, 3.8) is 0 Å². The highest BCUT2D eigenvalue weighted by atomic mass is 19.1. The third kappa shape index (κ3) is 4.39. The SMILES string of the molecule is Fc1ccccc1-c1cn(-c2ccc(-c3ccccc3)cc2)c2[n+]1CCCCN2.O=C[O-]. The van der Waals surface area contributed by atoms with Crippen LogP contribution in [0.3, 0.4) is 0 Å². The molecule has 0 bridgehead atoms. The number of hydrogen-bond donors (Lipinski definition) is 1. The van der Waals surface area contributed by atoms with Crippen molar-refractivity contribution in [1.82, 2.24) is 4.57 Å². The highest BCUT2D eigenvalue weighted by Crippen LogP contribution is 2.27. The molecule has 2 heterocycles. The fraction of sp³-hybridized carbons (Fsp3) is 0.154. The second kappa shape index (κ2) is 9.92. The van der Waals surface area contributed by atoms with Gasteiger partial charge in [-0.05, 0) is 48.2 Å². The van der Waals surface area contributed by atoms with E-state index in [2.05, 4.69) is 63.0 Å².